The Morgan fingerprint density at radius 1 is 0.967 bits per heavy atom. The summed E-state index contributed by atoms with van der Waals surface area (Å²) in [5.41, 5.74) is -0.375. The van der Waals surface area contributed by atoms with Gasteiger partial charge in [0.2, 0.25) is 33.1 Å². The molecule has 0 N–H and O–H groups in total. The van der Waals surface area contributed by atoms with Crippen LogP contribution in [-0.4, -0.2) is 25.0 Å². The second-order valence-electron chi connectivity index (χ2n) is 7.08. The van der Waals surface area contributed by atoms with Gasteiger partial charge in [-0.15, -0.1) is 0 Å². The van der Waals surface area contributed by atoms with Crippen molar-refractivity contribution in [1.82, 2.24) is 0 Å². The third kappa shape index (κ3) is 4.50. The zero-order valence-corrected chi connectivity index (χ0v) is 16.7. The van der Waals surface area contributed by atoms with E-state index in [1.165, 1.54) is 0 Å². The van der Waals surface area contributed by atoms with Crippen molar-refractivity contribution in [2.45, 2.75) is 32.5 Å². The smallest absolute Gasteiger partial charge is 0.230 e. The maximum atomic E-state index is 14.3. The van der Waals surface area contributed by atoms with Gasteiger partial charge in [0, 0.05) is 6.42 Å². The third-order valence-electron chi connectivity index (χ3n) is 4.10. The number of benzene rings is 2. The predicted molar refractivity (Wildman–Crippen MR) is 98.7 cm³/mol. The number of hydrogen-bond donors (Lipinski definition) is 0. The molecule has 0 unspecified atom stereocenters. The first-order chi connectivity index (χ1) is 14.0. The highest BCUT2D eigenvalue weighted by molar-refractivity contribution is 8.06. The van der Waals surface area contributed by atoms with Crippen LogP contribution in [0.3, 0.4) is 0 Å². The van der Waals surface area contributed by atoms with Crippen LogP contribution in [0.5, 0.6) is 11.5 Å². The lowest BCUT2D eigenvalue weighted by Crippen LogP contribution is -2.26. The highest BCUT2D eigenvalue weighted by atomic mass is 32.2. The first kappa shape index (κ1) is 21.9. The molecule has 0 saturated carbocycles. The fraction of sp³-hybridized carbons (Fsp3) is 0.316. The van der Waals surface area contributed by atoms with Crippen LogP contribution >= 0.6 is 0 Å². The molecule has 0 fully saturated rings. The van der Waals surface area contributed by atoms with Crippen molar-refractivity contribution < 1.29 is 40.3 Å². The van der Waals surface area contributed by atoms with Gasteiger partial charge in [-0.3, -0.25) is 0 Å². The van der Waals surface area contributed by atoms with E-state index < -0.39 is 61.2 Å². The van der Waals surface area contributed by atoms with E-state index in [-0.39, 0.29) is 13.0 Å². The van der Waals surface area contributed by atoms with Gasteiger partial charge in [0.05, 0.1) is 0 Å². The summed E-state index contributed by atoms with van der Waals surface area (Å²) in [4.78, 5) is 4.92. The monoisotopic (exact) mass is 447 g/mol. The van der Waals surface area contributed by atoms with E-state index in [0.717, 1.165) is 0 Å². The van der Waals surface area contributed by atoms with Gasteiger partial charge in [-0.05, 0) is 19.4 Å². The zero-order chi connectivity index (χ0) is 22.1. The topological polar surface area (TPSA) is 74.2 Å². The van der Waals surface area contributed by atoms with E-state index in [0.29, 0.717) is 5.56 Å². The molecular formula is C19H17F4NO5S. The highest BCUT2D eigenvalue weighted by Crippen LogP contribution is 2.35. The van der Waals surface area contributed by atoms with E-state index in [1.54, 1.807) is 44.2 Å². The standard InChI is InChI=1S/C19H17F4NO5S/c1-19(2)8-12(24-29-19)30(25,26)10-28-18-15(22)13(20)17(14(21)16(18)23)27-9-11-6-4-3-5-7-11/h3-7H,8-10H2,1-2H3. The van der Waals surface area contributed by atoms with Crippen LogP contribution in [0.25, 0.3) is 0 Å². The van der Waals surface area contributed by atoms with Crippen LogP contribution in [0.4, 0.5) is 17.6 Å². The maximum Gasteiger partial charge on any atom is 0.230 e. The summed E-state index contributed by atoms with van der Waals surface area (Å²) in [5.74, 6) is -11.6. The van der Waals surface area contributed by atoms with E-state index >= 15 is 0 Å². The number of rotatable bonds is 6. The molecule has 0 bridgehead atoms. The van der Waals surface area contributed by atoms with Crippen molar-refractivity contribution in [2.75, 3.05) is 5.94 Å². The summed E-state index contributed by atoms with van der Waals surface area (Å²) >= 11 is 0. The number of hydrogen-bond acceptors (Lipinski definition) is 6. The Morgan fingerprint density at radius 2 is 1.50 bits per heavy atom. The van der Waals surface area contributed by atoms with Crippen molar-refractivity contribution in [3.05, 3.63) is 59.2 Å². The molecule has 2 aromatic rings. The number of oxime groups is 1. The molecule has 6 nitrogen and oxygen atoms in total. The van der Waals surface area contributed by atoms with E-state index in [4.69, 9.17) is 9.57 Å². The molecule has 0 atom stereocenters. The van der Waals surface area contributed by atoms with Gasteiger partial charge >= 0.3 is 0 Å². The molecule has 1 heterocycles. The van der Waals surface area contributed by atoms with Gasteiger partial charge in [0.15, 0.2) is 22.5 Å². The Balaban J connectivity index is 1.79. The maximum absolute atomic E-state index is 14.3. The van der Waals surface area contributed by atoms with Gasteiger partial charge < -0.3 is 14.3 Å². The van der Waals surface area contributed by atoms with E-state index in [1.807, 2.05) is 0 Å². The molecule has 0 aliphatic carbocycles. The number of nitrogens with zero attached hydrogens (tertiary/aromatic N) is 1. The molecule has 2 aromatic carbocycles. The number of sulfone groups is 1. The summed E-state index contributed by atoms with van der Waals surface area (Å²) < 4.78 is 90.9. The molecule has 30 heavy (non-hydrogen) atoms. The van der Waals surface area contributed by atoms with Crippen LogP contribution in [0.2, 0.25) is 0 Å². The van der Waals surface area contributed by atoms with E-state index in [2.05, 4.69) is 9.89 Å². The van der Waals surface area contributed by atoms with Gasteiger partial charge in [-0.2, -0.15) is 17.6 Å². The lowest BCUT2D eigenvalue weighted by molar-refractivity contribution is 0.0123. The summed E-state index contributed by atoms with van der Waals surface area (Å²) in [6.45, 7) is 2.81. The SMILES string of the molecule is CC1(C)CC(S(=O)(=O)COc2c(F)c(F)c(OCc3ccccc3)c(F)c2F)=NO1. The van der Waals surface area contributed by atoms with Gasteiger partial charge in [-0.1, -0.05) is 35.5 Å². The summed E-state index contributed by atoms with van der Waals surface area (Å²) in [6.07, 6.45) is -0.0986. The van der Waals surface area contributed by atoms with Gasteiger partial charge in [0.25, 0.3) is 0 Å². The Bertz CT molecular complexity index is 1060. The molecule has 0 saturated heterocycles. The highest BCUT2D eigenvalue weighted by Gasteiger charge is 2.37. The molecule has 0 spiro atoms. The van der Waals surface area contributed by atoms with Crippen molar-refractivity contribution in [1.29, 1.82) is 0 Å². The lowest BCUT2D eigenvalue weighted by Gasteiger charge is -2.14. The molecule has 0 aromatic heterocycles. The molecular weight excluding hydrogens is 430 g/mol. The molecule has 0 amide bonds. The number of halogens is 4. The first-order valence-electron chi connectivity index (χ1n) is 8.65. The summed E-state index contributed by atoms with van der Waals surface area (Å²) in [6, 6.07) is 8.16. The Kier molecular flexibility index (Phi) is 5.93. The largest absolute Gasteiger partial charge is 0.483 e. The Labute approximate surface area is 170 Å². The molecule has 11 heteroatoms. The van der Waals surface area contributed by atoms with Crippen LogP contribution in [0.15, 0.2) is 35.5 Å². The van der Waals surface area contributed by atoms with Crippen molar-refractivity contribution in [3.8, 4) is 11.5 Å². The fourth-order valence-corrected chi connectivity index (χ4v) is 3.68. The van der Waals surface area contributed by atoms with Crippen LogP contribution in [0.1, 0.15) is 25.8 Å². The zero-order valence-electron chi connectivity index (χ0n) is 15.9. The third-order valence-corrected chi connectivity index (χ3v) is 5.46. The number of ether oxygens (including phenoxy) is 2. The van der Waals surface area contributed by atoms with Gasteiger partial charge in [-0.25, -0.2) is 8.42 Å². The average molecular weight is 447 g/mol. The lowest BCUT2D eigenvalue weighted by atomic mass is 10.1. The molecule has 1 aliphatic rings. The van der Waals surface area contributed by atoms with Crippen LogP contribution in [-0.2, 0) is 21.3 Å². The van der Waals surface area contributed by atoms with Crippen LogP contribution in [0, 0.1) is 23.3 Å². The summed E-state index contributed by atoms with van der Waals surface area (Å²) in [5, 5.41) is 3.01. The quantitative estimate of drug-likeness (QED) is 0.493. The van der Waals surface area contributed by atoms with Gasteiger partial charge in [0.1, 0.15) is 12.2 Å². The minimum Gasteiger partial charge on any atom is -0.483 e. The summed E-state index contributed by atoms with van der Waals surface area (Å²) in [7, 11) is -4.25. The minimum atomic E-state index is -4.25. The van der Waals surface area contributed by atoms with Crippen LogP contribution < -0.4 is 9.47 Å². The van der Waals surface area contributed by atoms with Crippen molar-refractivity contribution in [2.24, 2.45) is 5.16 Å². The normalized spacial score (nSPS) is 15.5. The molecule has 0 radical (unpaired) electrons. The fourth-order valence-electron chi connectivity index (χ4n) is 2.55. The first-order valence-corrected chi connectivity index (χ1v) is 10.3. The van der Waals surface area contributed by atoms with Crippen molar-refractivity contribution in [3.63, 3.8) is 0 Å². The molecule has 162 valence electrons. The second-order valence-corrected chi connectivity index (χ2v) is 9.01. The van der Waals surface area contributed by atoms with Crippen molar-refractivity contribution >= 4 is 14.9 Å². The Morgan fingerprint density at radius 3 is 2.00 bits per heavy atom. The Hall–Kier alpha value is -2.82. The van der Waals surface area contributed by atoms with E-state index in [9.17, 15) is 26.0 Å². The minimum absolute atomic E-state index is 0.0986. The second kappa shape index (κ2) is 8.13. The molecule has 1 aliphatic heterocycles. The average Bonchev–Trinajstić information content (AvgIpc) is 3.08. The predicted octanol–water partition coefficient (Wildman–Crippen LogP) is 4.09. The molecule has 3 rings (SSSR count).